The summed E-state index contributed by atoms with van der Waals surface area (Å²) in [5, 5.41) is 0. The van der Waals surface area contributed by atoms with E-state index in [1.807, 2.05) is 27.7 Å². The van der Waals surface area contributed by atoms with E-state index < -0.39 is 13.4 Å². The van der Waals surface area contributed by atoms with E-state index in [0.29, 0.717) is 26.4 Å². The molecular formula is C16H36CdO6P2S2. The first-order chi connectivity index (χ1) is 12.2. The first-order valence-corrected chi connectivity index (χ1v) is 14.6. The monoisotopic (exact) mass is 564 g/mol. The minimum Gasteiger partial charge on any atom is -0.780 e. The maximum atomic E-state index is 11.3. The average Bonchev–Trinajstić information content (AvgIpc) is 2.56. The van der Waals surface area contributed by atoms with Gasteiger partial charge in [0, 0.05) is 0 Å². The number of hydrogen-bond acceptors (Lipinski definition) is 8. The molecule has 11 heteroatoms. The van der Waals surface area contributed by atoms with Gasteiger partial charge in [0.05, 0.1) is 26.4 Å². The summed E-state index contributed by atoms with van der Waals surface area (Å²) in [7, 11) is 0. The van der Waals surface area contributed by atoms with Gasteiger partial charge in [-0.05, 0) is 25.7 Å². The molecule has 0 atom stereocenters. The molecule has 0 aliphatic rings. The van der Waals surface area contributed by atoms with E-state index >= 15 is 0 Å². The van der Waals surface area contributed by atoms with Gasteiger partial charge in [-0.1, -0.05) is 77.0 Å². The summed E-state index contributed by atoms with van der Waals surface area (Å²) in [6, 6.07) is 0. The molecule has 6 nitrogen and oxygen atoms in total. The van der Waals surface area contributed by atoms with E-state index in [2.05, 4.69) is 23.6 Å². The first-order valence-electron chi connectivity index (χ1n) is 9.44. The predicted molar refractivity (Wildman–Crippen MR) is 112 cm³/mol. The van der Waals surface area contributed by atoms with E-state index in [-0.39, 0.29) is 27.3 Å². The Bertz CT molecular complexity index is 341. The molecule has 0 heterocycles. The molecule has 0 aliphatic heterocycles. The molecule has 0 N–H and O–H groups in total. The van der Waals surface area contributed by atoms with Crippen molar-refractivity contribution in [2.75, 3.05) is 26.4 Å². The van der Waals surface area contributed by atoms with E-state index in [1.54, 1.807) is 0 Å². The molecule has 27 heavy (non-hydrogen) atoms. The quantitative estimate of drug-likeness (QED) is 0.155. The Morgan fingerprint density at radius 2 is 0.741 bits per heavy atom. The molecule has 0 aromatic carbocycles. The fourth-order valence-electron chi connectivity index (χ4n) is 1.36. The van der Waals surface area contributed by atoms with Crippen molar-refractivity contribution < 1.29 is 55.2 Å². The van der Waals surface area contributed by atoms with Crippen LogP contribution in [0.15, 0.2) is 0 Å². The summed E-state index contributed by atoms with van der Waals surface area (Å²) in [5.74, 6) is 0. The standard InChI is InChI=1S/2C8H19O3PS.Cd/c2*1-3-5-7-10-12(9,13)11-8-6-4-2;/h2*3-8H2,1-2H3,(H,9,13);/q;;+2/p-2. The fourth-order valence-corrected chi connectivity index (χ4v) is 3.81. The van der Waals surface area contributed by atoms with Gasteiger partial charge in [-0.2, -0.15) is 0 Å². The Kier molecular flexibility index (Phi) is 28.2. The molecule has 0 fully saturated rings. The zero-order valence-electron chi connectivity index (χ0n) is 17.4. The van der Waals surface area contributed by atoms with Crippen LogP contribution in [0.2, 0.25) is 0 Å². The van der Waals surface area contributed by atoms with Crippen molar-refractivity contribution in [1.82, 2.24) is 0 Å². The number of unbranched alkanes of at least 4 members (excludes halogenated alkanes) is 4. The van der Waals surface area contributed by atoms with Crippen LogP contribution in [0.5, 0.6) is 0 Å². The Morgan fingerprint density at radius 1 is 0.556 bits per heavy atom. The average molecular weight is 563 g/mol. The summed E-state index contributed by atoms with van der Waals surface area (Å²) in [6.45, 7) is 3.55. The molecule has 0 saturated carbocycles. The summed E-state index contributed by atoms with van der Waals surface area (Å²) in [6.07, 6.45) is 7.51. The minimum absolute atomic E-state index is 0. The van der Waals surface area contributed by atoms with Crippen molar-refractivity contribution in [1.29, 1.82) is 0 Å². The first kappa shape index (κ1) is 33.6. The zero-order valence-corrected chi connectivity index (χ0v) is 24.8. The van der Waals surface area contributed by atoms with Crippen molar-refractivity contribution in [3.8, 4) is 0 Å². The maximum Gasteiger partial charge on any atom is 2.00 e. The van der Waals surface area contributed by atoms with Crippen LogP contribution < -0.4 is 9.79 Å². The molecule has 0 bridgehead atoms. The molecule has 0 saturated heterocycles. The molecular weight excluding hydrogens is 527 g/mol. The van der Waals surface area contributed by atoms with Gasteiger partial charge in [0.1, 0.15) is 13.4 Å². The van der Waals surface area contributed by atoms with Gasteiger partial charge >= 0.3 is 27.3 Å². The van der Waals surface area contributed by atoms with E-state index in [9.17, 15) is 9.79 Å². The van der Waals surface area contributed by atoms with Crippen LogP contribution in [0.25, 0.3) is 0 Å². The predicted octanol–water partition coefficient (Wildman–Crippen LogP) is 4.41. The SMILES string of the molecule is CCCCOP([O-])(=S)OCCCC.CCCCOP([O-])(=S)OCCCC.[Cd+2]. The summed E-state index contributed by atoms with van der Waals surface area (Å²) >= 11 is 9.36. The molecule has 160 valence electrons. The minimum atomic E-state index is -3.17. The fraction of sp³-hybridized carbons (Fsp3) is 1.00. The molecule has 0 aromatic heterocycles. The zero-order chi connectivity index (χ0) is 20.3. The Morgan fingerprint density at radius 3 is 0.889 bits per heavy atom. The van der Waals surface area contributed by atoms with Crippen LogP contribution >= 0.6 is 13.4 Å². The molecule has 0 amide bonds. The van der Waals surface area contributed by atoms with E-state index in [4.69, 9.17) is 18.1 Å². The second-order valence-electron chi connectivity index (χ2n) is 5.64. The molecule has 0 aromatic rings. The number of rotatable bonds is 16. The van der Waals surface area contributed by atoms with Crippen molar-refractivity contribution >= 4 is 37.1 Å². The van der Waals surface area contributed by atoms with Crippen LogP contribution in [0.3, 0.4) is 0 Å². The molecule has 0 spiro atoms. The largest absolute Gasteiger partial charge is 2.00 e. The van der Waals surface area contributed by atoms with E-state index in [0.717, 1.165) is 51.4 Å². The third kappa shape index (κ3) is 28.0. The van der Waals surface area contributed by atoms with Gasteiger partial charge in [-0.15, -0.1) is 0 Å². The van der Waals surface area contributed by atoms with E-state index in [1.165, 1.54) is 0 Å². The molecule has 0 unspecified atom stereocenters. The van der Waals surface area contributed by atoms with Gasteiger partial charge in [0.15, 0.2) is 0 Å². The van der Waals surface area contributed by atoms with Crippen LogP contribution in [0.1, 0.15) is 79.1 Å². The van der Waals surface area contributed by atoms with Crippen molar-refractivity contribution in [2.24, 2.45) is 0 Å². The van der Waals surface area contributed by atoms with Gasteiger partial charge in [0.25, 0.3) is 0 Å². The van der Waals surface area contributed by atoms with Crippen LogP contribution in [-0.4, -0.2) is 26.4 Å². The third-order valence-corrected chi connectivity index (χ3v) is 6.25. The van der Waals surface area contributed by atoms with Crippen molar-refractivity contribution in [3.05, 3.63) is 0 Å². The van der Waals surface area contributed by atoms with Crippen LogP contribution in [-0.2, 0) is 69.0 Å². The van der Waals surface area contributed by atoms with Crippen molar-refractivity contribution in [3.63, 3.8) is 0 Å². The molecule has 0 rings (SSSR count). The van der Waals surface area contributed by atoms with Gasteiger partial charge in [-0.25, -0.2) is 0 Å². The summed E-state index contributed by atoms with van der Waals surface area (Å²) in [5.41, 5.74) is 0. The normalized spacial score (nSPS) is 11.5. The molecule has 0 radical (unpaired) electrons. The second-order valence-corrected chi connectivity index (χ2v) is 11.1. The van der Waals surface area contributed by atoms with Crippen LogP contribution in [0, 0.1) is 0 Å². The van der Waals surface area contributed by atoms with Gasteiger partial charge in [-0.3, -0.25) is 0 Å². The summed E-state index contributed by atoms with van der Waals surface area (Å²) < 4.78 is 19.9. The maximum absolute atomic E-state index is 11.3. The van der Waals surface area contributed by atoms with Crippen LogP contribution in [0.4, 0.5) is 0 Å². The Balaban J connectivity index is -0.000000411. The smallest absolute Gasteiger partial charge is 0.780 e. The van der Waals surface area contributed by atoms with Gasteiger partial charge < -0.3 is 27.9 Å². The van der Waals surface area contributed by atoms with Gasteiger partial charge in [0.2, 0.25) is 0 Å². The number of hydrogen-bond donors (Lipinski definition) is 0. The van der Waals surface area contributed by atoms with Crippen molar-refractivity contribution in [2.45, 2.75) is 79.1 Å². The third-order valence-electron chi connectivity index (χ3n) is 2.99. The Labute approximate surface area is 196 Å². The molecule has 0 aliphatic carbocycles. The Hall–Kier alpha value is 1.98. The second kappa shape index (κ2) is 22.7. The topological polar surface area (TPSA) is 83.0 Å². The summed E-state index contributed by atoms with van der Waals surface area (Å²) in [4.78, 5) is 22.7.